The highest BCUT2D eigenvalue weighted by Gasteiger charge is 2.30. The van der Waals surface area contributed by atoms with Crippen molar-refractivity contribution in [3.63, 3.8) is 0 Å². The molecule has 2 aromatic carbocycles. The van der Waals surface area contributed by atoms with Crippen molar-refractivity contribution in [2.24, 2.45) is 11.7 Å². The van der Waals surface area contributed by atoms with Gasteiger partial charge in [-0.2, -0.15) is 4.31 Å². The van der Waals surface area contributed by atoms with Crippen molar-refractivity contribution in [1.29, 1.82) is 0 Å². The van der Waals surface area contributed by atoms with Crippen LogP contribution in [0.4, 0.5) is 16.2 Å². The molecule has 0 aliphatic carbocycles. The molecule has 0 saturated carbocycles. The molecule has 0 atom stereocenters. The van der Waals surface area contributed by atoms with Gasteiger partial charge in [0.15, 0.2) is 0 Å². The molecule has 27 heavy (non-hydrogen) atoms. The predicted octanol–water partition coefficient (Wildman–Crippen LogP) is 2.69. The maximum Gasteiger partial charge on any atom is 0.323 e. The van der Waals surface area contributed by atoms with Gasteiger partial charge >= 0.3 is 6.03 Å². The summed E-state index contributed by atoms with van der Waals surface area (Å²) in [5.41, 5.74) is 6.57. The van der Waals surface area contributed by atoms with E-state index in [1.54, 1.807) is 42.5 Å². The Morgan fingerprint density at radius 3 is 2.30 bits per heavy atom. The summed E-state index contributed by atoms with van der Waals surface area (Å²) in [4.78, 5) is 12.4. The number of carbonyl (C=O) groups is 1. The highest BCUT2D eigenvalue weighted by molar-refractivity contribution is 7.89. The molecule has 1 heterocycles. The van der Waals surface area contributed by atoms with Crippen LogP contribution in [0.25, 0.3) is 0 Å². The molecule has 7 nitrogen and oxygen atoms in total. The maximum atomic E-state index is 13.1. The van der Waals surface area contributed by atoms with Gasteiger partial charge < -0.3 is 16.4 Å². The SMILES string of the molecule is NCC1CCN(S(=O)(=O)c2ccccc2NC(=O)Nc2ccccc2)CC1. The molecule has 1 fully saturated rings. The van der Waals surface area contributed by atoms with Gasteiger partial charge in [0, 0.05) is 18.8 Å². The zero-order valence-corrected chi connectivity index (χ0v) is 15.8. The number of rotatable bonds is 5. The molecule has 8 heteroatoms. The maximum absolute atomic E-state index is 13.1. The van der Waals surface area contributed by atoms with Gasteiger partial charge in [0.25, 0.3) is 0 Å². The van der Waals surface area contributed by atoms with Crippen LogP contribution < -0.4 is 16.4 Å². The van der Waals surface area contributed by atoms with Crippen molar-refractivity contribution in [3.8, 4) is 0 Å². The lowest BCUT2D eigenvalue weighted by Crippen LogP contribution is -2.40. The number of hydrogen-bond acceptors (Lipinski definition) is 4. The lowest BCUT2D eigenvalue weighted by Gasteiger charge is -2.31. The van der Waals surface area contributed by atoms with Gasteiger partial charge in [-0.05, 0) is 49.6 Å². The van der Waals surface area contributed by atoms with Crippen molar-refractivity contribution >= 4 is 27.4 Å². The van der Waals surface area contributed by atoms with Crippen LogP contribution in [-0.2, 0) is 10.0 Å². The van der Waals surface area contributed by atoms with Crippen molar-refractivity contribution in [3.05, 3.63) is 54.6 Å². The minimum Gasteiger partial charge on any atom is -0.330 e. The summed E-state index contributed by atoms with van der Waals surface area (Å²) in [6.07, 6.45) is 1.50. The Morgan fingerprint density at radius 1 is 1.00 bits per heavy atom. The van der Waals surface area contributed by atoms with E-state index in [9.17, 15) is 13.2 Å². The lowest BCUT2D eigenvalue weighted by atomic mass is 9.99. The number of carbonyl (C=O) groups excluding carboxylic acids is 1. The molecule has 0 bridgehead atoms. The number of nitrogens with one attached hydrogen (secondary N) is 2. The molecule has 4 N–H and O–H groups in total. The van der Waals surface area contributed by atoms with E-state index in [1.807, 2.05) is 6.07 Å². The number of nitrogens with zero attached hydrogens (tertiary/aromatic N) is 1. The van der Waals surface area contributed by atoms with Crippen LogP contribution in [0.3, 0.4) is 0 Å². The number of anilines is 2. The average molecular weight is 388 g/mol. The van der Waals surface area contributed by atoms with Crippen LogP contribution in [0.2, 0.25) is 0 Å². The van der Waals surface area contributed by atoms with E-state index in [0.717, 1.165) is 12.8 Å². The molecule has 1 aliphatic rings. The fourth-order valence-corrected chi connectivity index (χ4v) is 4.74. The van der Waals surface area contributed by atoms with E-state index >= 15 is 0 Å². The number of urea groups is 1. The number of para-hydroxylation sites is 2. The molecule has 1 saturated heterocycles. The molecule has 0 aromatic heterocycles. The molecule has 1 aliphatic heterocycles. The Bertz CT molecular complexity index is 879. The summed E-state index contributed by atoms with van der Waals surface area (Å²) in [5, 5.41) is 5.34. The van der Waals surface area contributed by atoms with E-state index in [2.05, 4.69) is 10.6 Å². The number of sulfonamides is 1. The van der Waals surface area contributed by atoms with Gasteiger partial charge in [0.2, 0.25) is 10.0 Å². The van der Waals surface area contributed by atoms with E-state index in [0.29, 0.717) is 31.2 Å². The topological polar surface area (TPSA) is 105 Å². The number of hydrogen-bond donors (Lipinski definition) is 3. The van der Waals surface area contributed by atoms with E-state index in [-0.39, 0.29) is 10.6 Å². The first kappa shape index (κ1) is 19.3. The van der Waals surface area contributed by atoms with Crippen molar-refractivity contribution in [2.45, 2.75) is 17.7 Å². The minimum atomic E-state index is -3.69. The minimum absolute atomic E-state index is 0.0967. The molecule has 144 valence electrons. The Kier molecular flexibility index (Phi) is 6.10. The quantitative estimate of drug-likeness (QED) is 0.732. The lowest BCUT2D eigenvalue weighted by molar-refractivity contribution is 0.262. The summed E-state index contributed by atoms with van der Waals surface area (Å²) in [5.74, 6) is 0.362. The van der Waals surface area contributed by atoms with E-state index in [1.165, 1.54) is 10.4 Å². The summed E-state index contributed by atoms with van der Waals surface area (Å²) < 4.78 is 27.6. The van der Waals surface area contributed by atoms with Crippen LogP contribution >= 0.6 is 0 Å². The molecule has 2 amide bonds. The van der Waals surface area contributed by atoms with Gasteiger partial charge in [-0.1, -0.05) is 30.3 Å². The Balaban J connectivity index is 1.76. The Hall–Kier alpha value is -2.42. The van der Waals surface area contributed by atoms with Crippen LogP contribution in [-0.4, -0.2) is 38.4 Å². The number of amides is 2. The molecular formula is C19H24N4O3S. The van der Waals surface area contributed by atoms with Crippen LogP contribution in [0.15, 0.2) is 59.5 Å². The van der Waals surface area contributed by atoms with E-state index < -0.39 is 16.1 Å². The third-order valence-corrected chi connectivity index (χ3v) is 6.65. The number of nitrogens with two attached hydrogens (primary N) is 1. The second-order valence-electron chi connectivity index (χ2n) is 6.52. The third kappa shape index (κ3) is 4.65. The van der Waals surface area contributed by atoms with Crippen molar-refractivity contribution < 1.29 is 13.2 Å². The first-order chi connectivity index (χ1) is 13.0. The first-order valence-electron chi connectivity index (χ1n) is 8.93. The first-order valence-corrected chi connectivity index (χ1v) is 10.4. The number of benzene rings is 2. The van der Waals surface area contributed by atoms with Crippen LogP contribution in [0, 0.1) is 5.92 Å². The Labute approximate surface area is 159 Å². The monoisotopic (exact) mass is 388 g/mol. The summed E-state index contributed by atoms with van der Waals surface area (Å²) in [6.45, 7) is 1.45. The molecule has 0 radical (unpaired) electrons. The summed E-state index contributed by atoms with van der Waals surface area (Å²) in [6, 6.07) is 14.9. The molecule has 2 aromatic rings. The normalized spacial score (nSPS) is 16.0. The van der Waals surface area contributed by atoms with Crippen LogP contribution in [0.5, 0.6) is 0 Å². The van der Waals surface area contributed by atoms with Gasteiger partial charge in [0.1, 0.15) is 4.90 Å². The molecular weight excluding hydrogens is 364 g/mol. The van der Waals surface area contributed by atoms with Gasteiger partial charge in [0.05, 0.1) is 5.69 Å². The fraction of sp³-hybridized carbons (Fsp3) is 0.316. The highest BCUT2D eigenvalue weighted by Crippen LogP contribution is 2.28. The third-order valence-electron chi connectivity index (χ3n) is 4.69. The molecule has 3 rings (SSSR count). The zero-order chi connectivity index (χ0) is 19.3. The summed E-state index contributed by atoms with van der Waals surface area (Å²) in [7, 11) is -3.69. The largest absolute Gasteiger partial charge is 0.330 e. The highest BCUT2D eigenvalue weighted by atomic mass is 32.2. The standard InChI is InChI=1S/C19H24N4O3S/c20-14-15-10-12-23(13-11-15)27(25,26)18-9-5-4-8-17(18)22-19(24)21-16-6-2-1-3-7-16/h1-9,15H,10-14,20H2,(H2,21,22,24). The summed E-state index contributed by atoms with van der Waals surface area (Å²) >= 11 is 0. The van der Waals surface area contributed by atoms with Crippen molar-refractivity contribution in [2.75, 3.05) is 30.3 Å². The molecule has 0 unspecified atom stereocenters. The van der Waals surface area contributed by atoms with Gasteiger partial charge in [-0.3, -0.25) is 0 Å². The molecule has 0 spiro atoms. The van der Waals surface area contributed by atoms with E-state index in [4.69, 9.17) is 5.73 Å². The van der Waals surface area contributed by atoms with Gasteiger partial charge in [-0.15, -0.1) is 0 Å². The average Bonchev–Trinajstić information content (AvgIpc) is 2.69. The Morgan fingerprint density at radius 2 is 1.63 bits per heavy atom. The second-order valence-corrected chi connectivity index (χ2v) is 8.43. The second kappa shape index (κ2) is 8.51. The van der Waals surface area contributed by atoms with Crippen molar-refractivity contribution in [1.82, 2.24) is 4.31 Å². The fourth-order valence-electron chi connectivity index (χ4n) is 3.13. The zero-order valence-electron chi connectivity index (χ0n) is 15.0. The van der Waals surface area contributed by atoms with Gasteiger partial charge in [-0.25, -0.2) is 13.2 Å². The van der Waals surface area contributed by atoms with Crippen LogP contribution in [0.1, 0.15) is 12.8 Å². The number of piperidine rings is 1. The predicted molar refractivity (Wildman–Crippen MR) is 106 cm³/mol. The smallest absolute Gasteiger partial charge is 0.323 e.